The SMILES string of the molecule is CC(C)C1(Cc2cccs2)CNC1. The minimum Gasteiger partial charge on any atom is -0.315 e. The lowest BCUT2D eigenvalue weighted by Gasteiger charge is -2.46. The molecule has 1 fully saturated rings. The maximum atomic E-state index is 3.40. The molecule has 1 aliphatic rings. The highest BCUT2D eigenvalue weighted by Gasteiger charge is 2.39. The van der Waals surface area contributed by atoms with E-state index in [9.17, 15) is 0 Å². The molecule has 72 valence electrons. The van der Waals surface area contributed by atoms with E-state index in [0.717, 1.165) is 5.92 Å². The van der Waals surface area contributed by atoms with Gasteiger partial charge in [0, 0.05) is 23.4 Å². The molecule has 0 radical (unpaired) electrons. The number of thiophene rings is 1. The Balaban J connectivity index is 2.07. The molecule has 2 rings (SSSR count). The Kier molecular flexibility index (Phi) is 2.43. The zero-order valence-corrected chi connectivity index (χ0v) is 9.16. The molecule has 0 amide bonds. The van der Waals surface area contributed by atoms with Gasteiger partial charge in [-0.3, -0.25) is 0 Å². The van der Waals surface area contributed by atoms with E-state index in [2.05, 4.69) is 36.7 Å². The molecule has 1 aliphatic heterocycles. The Morgan fingerprint density at radius 3 is 2.69 bits per heavy atom. The molecule has 0 unspecified atom stereocenters. The molecule has 1 saturated heterocycles. The molecule has 0 saturated carbocycles. The predicted molar refractivity (Wildman–Crippen MR) is 58.2 cm³/mol. The maximum absolute atomic E-state index is 3.40. The van der Waals surface area contributed by atoms with Gasteiger partial charge in [-0.1, -0.05) is 19.9 Å². The molecule has 2 heteroatoms. The van der Waals surface area contributed by atoms with Crippen LogP contribution in [0.4, 0.5) is 0 Å². The second kappa shape index (κ2) is 3.43. The van der Waals surface area contributed by atoms with E-state index in [1.807, 2.05) is 11.3 Å². The van der Waals surface area contributed by atoms with Crippen LogP contribution in [0.1, 0.15) is 18.7 Å². The van der Waals surface area contributed by atoms with E-state index < -0.39 is 0 Å². The second-order valence-corrected chi connectivity index (χ2v) is 5.41. The lowest BCUT2D eigenvalue weighted by Crippen LogP contribution is -2.57. The first kappa shape index (κ1) is 9.22. The summed E-state index contributed by atoms with van der Waals surface area (Å²) in [6, 6.07) is 4.41. The summed E-state index contributed by atoms with van der Waals surface area (Å²) in [6.07, 6.45) is 1.26. The molecule has 13 heavy (non-hydrogen) atoms. The van der Waals surface area contributed by atoms with Gasteiger partial charge in [0.05, 0.1) is 0 Å². The van der Waals surface area contributed by atoms with Crippen molar-refractivity contribution in [2.45, 2.75) is 20.3 Å². The average molecular weight is 195 g/mol. The molecule has 0 aliphatic carbocycles. The van der Waals surface area contributed by atoms with Gasteiger partial charge in [-0.25, -0.2) is 0 Å². The zero-order chi connectivity index (χ0) is 9.31. The Labute approximate surface area is 84.2 Å². The van der Waals surface area contributed by atoms with E-state index in [0.29, 0.717) is 5.41 Å². The summed E-state index contributed by atoms with van der Waals surface area (Å²) < 4.78 is 0. The third kappa shape index (κ3) is 1.65. The van der Waals surface area contributed by atoms with Crippen LogP contribution in [0.25, 0.3) is 0 Å². The molecule has 0 atom stereocenters. The van der Waals surface area contributed by atoms with E-state index in [1.165, 1.54) is 24.4 Å². The minimum absolute atomic E-state index is 0.546. The minimum atomic E-state index is 0.546. The van der Waals surface area contributed by atoms with E-state index in [4.69, 9.17) is 0 Å². The average Bonchev–Trinajstić information content (AvgIpc) is 2.47. The van der Waals surface area contributed by atoms with Crippen LogP contribution >= 0.6 is 11.3 Å². The Hall–Kier alpha value is -0.340. The van der Waals surface area contributed by atoms with Crippen LogP contribution in [0, 0.1) is 11.3 Å². The van der Waals surface area contributed by atoms with Crippen molar-refractivity contribution in [1.82, 2.24) is 5.32 Å². The first-order chi connectivity index (χ1) is 6.23. The topological polar surface area (TPSA) is 12.0 Å². The third-order valence-corrected chi connectivity index (χ3v) is 4.16. The third-order valence-electron chi connectivity index (χ3n) is 3.29. The number of nitrogens with one attached hydrogen (secondary N) is 1. The van der Waals surface area contributed by atoms with Crippen molar-refractivity contribution in [3.63, 3.8) is 0 Å². The van der Waals surface area contributed by atoms with Gasteiger partial charge >= 0.3 is 0 Å². The summed E-state index contributed by atoms with van der Waals surface area (Å²) in [4.78, 5) is 1.54. The fourth-order valence-corrected chi connectivity index (χ4v) is 2.80. The summed E-state index contributed by atoms with van der Waals surface area (Å²) in [5.41, 5.74) is 0.546. The smallest absolute Gasteiger partial charge is 0.00518 e. The van der Waals surface area contributed by atoms with Gasteiger partial charge < -0.3 is 5.32 Å². The van der Waals surface area contributed by atoms with Crippen LogP contribution in [0.2, 0.25) is 0 Å². The largest absolute Gasteiger partial charge is 0.315 e. The van der Waals surface area contributed by atoms with Crippen molar-refractivity contribution in [3.8, 4) is 0 Å². The van der Waals surface area contributed by atoms with Crippen molar-refractivity contribution in [2.75, 3.05) is 13.1 Å². The van der Waals surface area contributed by atoms with Gasteiger partial charge in [0.1, 0.15) is 0 Å². The summed E-state index contributed by atoms with van der Waals surface area (Å²) >= 11 is 1.89. The molecule has 0 spiro atoms. The second-order valence-electron chi connectivity index (χ2n) is 4.38. The molecular weight excluding hydrogens is 178 g/mol. The maximum Gasteiger partial charge on any atom is 0.00518 e. The Morgan fingerprint density at radius 1 is 1.54 bits per heavy atom. The highest BCUT2D eigenvalue weighted by atomic mass is 32.1. The lowest BCUT2D eigenvalue weighted by molar-refractivity contribution is 0.101. The van der Waals surface area contributed by atoms with Gasteiger partial charge in [-0.05, 0) is 23.8 Å². The van der Waals surface area contributed by atoms with Crippen LogP contribution in [0.15, 0.2) is 17.5 Å². The van der Waals surface area contributed by atoms with Crippen LogP contribution in [-0.2, 0) is 6.42 Å². The summed E-state index contributed by atoms with van der Waals surface area (Å²) in [5.74, 6) is 0.788. The first-order valence-corrected chi connectivity index (χ1v) is 5.84. The monoisotopic (exact) mass is 195 g/mol. The molecular formula is C11H17NS. The van der Waals surface area contributed by atoms with Gasteiger partial charge in [0.15, 0.2) is 0 Å². The Morgan fingerprint density at radius 2 is 2.31 bits per heavy atom. The van der Waals surface area contributed by atoms with Crippen molar-refractivity contribution in [2.24, 2.45) is 11.3 Å². The van der Waals surface area contributed by atoms with Crippen LogP contribution in [0.3, 0.4) is 0 Å². The van der Waals surface area contributed by atoms with E-state index in [1.54, 1.807) is 0 Å². The summed E-state index contributed by atoms with van der Waals surface area (Å²) in [6.45, 7) is 7.08. The van der Waals surface area contributed by atoms with Crippen LogP contribution in [-0.4, -0.2) is 13.1 Å². The molecule has 1 aromatic heterocycles. The molecule has 0 aromatic carbocycles. The standard InChI is InChI=1S/C11H17NS/c1-9(2)11(7-12-8-11)6-10-4-3-5-13-10/h3-5,9,12H,6-8H2,1-2H3. The van der Waals surface area contributed by atoms with Gasteiger partial charge in [-0.2, -0.15) is 0 Å². The molecule has 0 bridgehead atoms. The van der Waals surface area contributed by atoms with Gasteiger partial charge in [0.2, 0.25) is 0 Å². The Bertz CT molecular complexity index is 260. The summed E-state index contributed by atoms with van der Waals surface area (Å²) in [5, 5.41) is 5.58. The number of hydrogen-bond donors (Lipinski definition) is 1. The number of hydrogen-bond acceptors (Lipinski definition) is 2. The quantitative estimate of drug-likeness (QED) is 0.781. The predicted octanol–water partition coefficient (Wildman–Crippen LogP) is 2.54. The van der Waals surface area contributed by atoms with E-state index in [-0.39, 0.29) is 0 Å². The highest BCUT2D eigenvalue weighted by Crippen LogP contribution is 2.36. The summed E-state index contributed by atoms with van der Waals surface area (Å²) in [7, 11) is 0. The number of rotatable bonds is 3. The van der Waals surface area contributed by atoms with Crippen molar-refractivity contribution in [3.05, 3.63) is 22.4 Å². The molecule has 2 heterocycles. The van der Waals surface area contributed by atoms with Gasteiger partial charge in [0.25, 0.3) is 0 Å². The van der Waals surface area contributed by atoms with Crippen molar-refractivity contribution < 1.29 is 0 Å². The zero-order valence-electron chi connectivity index (χ0n) is 8.34. The fourth-order valence-electron chi connectivity index (χ4n) is 1.94. The fraction of sp³-hybridized carbons (Fsp3) is 0.636. The van der Waals surface area contributed by atoms with Crippen molar-refractivity contribution >= 4 is 11.3 Å². The normalized spacial score (nSPS) is 20.2. The van der Waals surface area contributed by atoms with E-state index >= 15 is 0 Å². The van der Waals surface area contributed by atoms with Crippen LogP contribution in [0.5, 0.6) is 0 Å². The van der Waals surface area contributed by atoms with Gasteiger partial charge in [-0.15, -0.1) is 11.3 Å². The first-order valence-electron chi connectivity index (χ1n) is 4.96. The van der Waals surface area contributed by atoms with Crippen molar-refractivity contribution in [1.29, 1.82) is 0 Å². The molecule has 1 N–H and O–H groups in total. The lowest BCUT2D eigenvalue weighted by atomic mass is 9.69. The highest BCUT2D eigenvalue weighted by molar-refractivity contribution is 7.09. The molecule has 1 nitrogen and oxygen atoms in total. The molecule has 1 aromatic rings. The van der Waals surface area contributed by atoms with Crippen LogP contribution < -0.4 is 5.32 Å².